The molecule has 0 radical (unpaired) electrons. The maximum Gasteiger partial charge on any atom is 0.309 e. The number of aromatic nitrogens is 1. The molecular formula is C27H27F5N2O3S. The van der Waals surface area contributed by atoms with Gasteiger partial charge in [0.2, 0.25) is 0 Å². The highest BCUT2D eigenvalue weighted by atomic mass is 32.2. The number of ether oxygens (including phenoxy) is 1. The average Bonchev–Trinajstić information content (AvgIpc) is 2.90. The first-order chi connectivity index (χ1) is 18.1. The third-order valence-corrected chi connectivity index (χ3v) is 8.11. The molecule has 11 heteroatoms. The van der Waals surface area contributed by atoms with E-state index in [2.05, 4.69) is 4.98 Å². The second kappa shape index (κ2) is 11.9. The van der Waals surface area contributed by atoms with Gasteiger partial charge in [0.05, 0.1) is 24.2 Å². The normalized spacial score (nSPS) is 16.5. The van der Waals surface area contributed by atoms with E-state index in [0.29, 0.717) is 36.7 Å². The number of benzene rings is 2. The largest absolute Gasteiger partial charge is 0.497 e. The van der Waals surface area contributed by atoms with Crippen LogP contribution in [0.5, 0.6) is 5.75 Å². The zero-order chi connectivity index (χ0) is 27.4. The summed E-state index contributed by atoms with van der Waals surface area (Å²) in [5.41, 5.74) is -0.888. The molecule has 0 saturated carbocycles. The first kappa shape index (κ1) is 28.1. The number of nitrogens with zero attached hydrogens (tertiary/aromatic N) is 2. The average molecular weight is 555 g/mol. The van der Waals surface area contributed by atoms with Crippen LogP contribution in [0.3, 0.4) is 0 Å². The fraction of sp³-hybridized carbons (Fsp3) is 0.407. The number of aliphatic carboxylic acids is 1. The van der Waals surface area contributed by atoms with Crippen molar-refractivity contribution in [2.45, 2.75) is 36.8 Å². The number of pyridine rings is 1. The van der Waals surface area contributed by atoms with Gasteiger partial charge in [-0.25, -0.2) is 22.0 Å². The summed E-state index contributed by atoms with van der Waals surface area (Å²) in [6, 6.07) is 6.65. The Kier molecular flexibility index (Phi) is 8.77. The molecule has 1 N–H and O–H groups in total. The van der Waals surface area contributed by atoms with Gasteiger partial charge in [-0.15, -0.1) is 11.8 Å². The quantitative estimate of drug-likeness (QED) is 0.174. The minimum Gasteiger partial charge on any atom is -0.497 e. The van der Waals surface area contributed by atoms with Crippen LogP contribution in [-0.4, -0.2) is 53.5 Å². The Morgan fingerprint density at radius 2 is 1.82 bits per heavy atom. The Bertz CT molecular complexity index is 1290. The molecule has 1 fully saturated rings. The summed E-state index contributed by atoms with van der Waals surface area (Å²) in [5, 5.41) is 10.3. The number of fused-ring (bicyclic) bond motifs is 1. The van der Waals surface area contributed by atoms with E-state index >= 15 is 4.39 Å². The summed E-state index contributed by atoms with van der Waals surface area (Å²) >= 11 is 1.17. The number of halogens is 5. The number of hydrogen-bond donors (Lipinski definition) is 1. The Labute approximate surface area is 221 Å². The molecular weight excluding hydrogens is 527 g/mol. The lowest BCUT2D eigenvalue weighted by molar-refractivity contribution is -0.153. The van der Waals surface area contributed by atoms with Crippen LogP contribution >= 0.6 is 11.8 Å². The molecule has 0 aliphatic carbocycles. The number of likely N-dealkylation sites (tertiary alicyclic amines) is 1. The molecule has 1 aliphatic rings. The highest BCUT2D eigenvalue weighted by Gasteiger charge is 2.41. The van der Waals surface area contributed by atoms with Crippen LogP contribution in [0.2, 0.25) is 0 Å². The van der Waals surface area contributed by atoms with Gasteiger partial charge in [0.15, 0.2) is 17.5 Å². The van der Waals surface area contributed by atoms with E-state index in [0.717, 1.165) is 18.3 Å². The second-order valence-electron chi connectivity index (χ2n) is 9.39. The van der Waals surface area contributed by atoms with Gasteiger partial charge in [-0.1, -0.05) is 0 Å². The Hall–Kier alpha value is -2.92. The monoisotopic (exact) mass is 554 g/mol. The van der Waals surface area contributed by atoms with E-state index in [1.165, 1.54) is 24.9 Å². The van der Waals surface area contributed by atoms with E-state index in [1.807, 2.05) is 4.90 Å². The highest BCUT2D eigenvalue weighted by Crippen LogP contribution is 2.41. The van der Waals surface area contributed by atoms with Gasteiger partial charge in [0.25, 0.3) is 0 Å². The Morgan fingerprint density at radius 3 is 2.45 bits per heavy atom. The summed E-state index contributed by atoms with van der Waals surface area (Å²) in [7, 11) is 1.45. The summed E-state index contributed by atoms with van der Waals surface area (Å²) < 4.78 is 75.2. The van der Waals surface area contributed by atoms with Crippen molar-refractivity contribution in [3.05, 3.63) is 65.4 Å². The van der Waals surface area contributed by atoms with Gasteiger partial charge in [0.1, 0.15) is 17.7 Å². The highest BCUT2D eigenvalue weighted by molar-refractivity contribution is 7.99. The van der Waals surface area contributed by atoms with E-state index < -0.39 is 40.8 Å². The van der Waals surface area contributed by atoms with Gasteiger partial charge >= 0.3 is 5.97 Å². The lowest BCUT2D eigenvalue weighted by atomic mass is 9.74. The molecule has 4 rings (SSSR count). The molecule has 1 aliphatic heterocycles. The first-order valence-corrected chi connectivity index (χ1v) is 13.1. The zero-order valence-corrected chi connectivity index (χ0v) is 21.5. The van der Waals surface area contributed by atoms with Crippen molar-refractivity contribution < 1.29 is 36.6 Å². The minimum atomic E-state index is -1.73. The van der Waals surface area contributed by atoms with Crippen molar-refractivity contribution in [3.8, 4) is 5.75 Å². The molecule has 1 atom stereocenters. The number of piperidine rings is 1. The molecule has 0 amide bonds. The third kappa shape index (κ3) is 6.04. The van der Waals surface area contributed by atoms with Crippen molar-refractivity contribution in [1.29, 1.82) is 0 Å². The van der Waals surface area contributed by atoms with Crippen molar-refractivity contribution in [2.75, 3.05) is 32.5 Å². The summed E-state index contributed by atoms with van der Waals surface area (Å²) in [6.45, 7) is 1.42. The molecule has 38 heavy (non-hydrogen) atoms. The van der Waals surface area contributed by atoms with E-state index in [1.54, 1.807) is 12.1 Å². The number of methoxy groups -OCH3 is 1. The van der Waals surface area contributed by atoms with Crippen LogP contribution in [0.25, 0.3) is 10.9 Å². The van der Waals surface area contributed by atoms with Crippen molar-refractivity contribution in [3.63, 3.8) is 0 Å². The van der Waals surface area contributed by atoms with Gasteiger partial charge < -0.3 is 14.7 Å². The maximum atomic E-state index is 15.4. The molecule has 0 bridgehead atoms. The van der Waals surface area contributed by atoms with E-state index in [-0.39, 0.29) is 41.5 Å². The van der Waals surface area contributed by atoms with Crippen LogP contribution in [0.15, 0.2) is 41.4 Å². The lowest BCUT2D eigenvalue weighted by Crippen LogP contribution is -2.45. The predicted octanol–water partition coefficient (Wildman–Crippen LogP) is 6.55. The number of hydrogen-bond acceptors (Lipinski definition) is 5. The first-order valence-electron chi connectivity index (χ1n) is 12.1. The van der Waals surface area contributed by atoms with Crippen LogP contribution < -0.4 is 4.74 Å². The van der Waals surface area contributed by atoms with Crippen LogP contribution in [0.4, 0.5) is 22.0 Å². The lowest BCUT2D eigenvalue weighted by Gasteiger charge is -2.39. The Morgan fingerprint density at radius 1 is 1.13 bits per heavy atom. The second-order valence-corrected chi connectivity index (χ2v) is 10.6. The number of thioether (sulfide) groups is 1. The van der Waals surface area contributed by atoms with E-state index in [4.69, 9.17) is 4.74 Å². The topological polar surface area (TPSA) is 62.7 Å². The number of rotatable bonds is 10. The van der Waals surface area contributed by atoms with Crippen LogP contribution in [-0.2, 0) is 4.79 Å². The van der Waals surface area contributed by atoms with Gasteiger partial charge in [-0.3, -0.25) is 9.78 Å². The van der Waals surface area contributed by atoms with Crippen molar-refractivity contribution in [2.24, 2.45) is 5.41 Å². The molecule has 2 aromatic carbocycles. The fourth-order valence-corrected chi connectivity index (χ4v) is 5.80. The molecule has 1 saturated heterocycles. The Balaban J connectivity index is 1.36. The molecule has 204 valence electrons. The molecule has 0 spiro atoms. The maximum absolute atomic E-state index is 15.4. The molecule has 1 aromatic heterocycles. The summed E-state index contributed by atoms with van der Waals surface area (Å²) in [5.74, 6) is -4.92. The van der Waals surface area contributed by atoms with Crippen LogP contribution in [0, 0.1) is 28.7 Å². The molecule has 2 heterocycles. The van der Waals surface area contributed by atoms with Crippen LogP contribution in [0.1, 0.15) is 37.4 Å². The standard InChI is InChI=1S/C27H27F5N2O3S/c1-37-16-2-3-23-18(12-16)24(22(31)15-33-23)19(28)4-5-27(26(35)36)6-8-34(9-7-27)10-11-38-17-13-20(29)25(32)21(30)14-17/h2-3,12-15,19H,4-11H2,1H3,(H,35,36)/t19-/m1/s1. The van der Waals surface area contributed by atoms with Crippen molar-refractivity contribution >= 4 is 28.6 Å². The molecule has 0 unspecified atom stereocenters. The minimum absolute atomic E-state index is 0.0352. The fourth-order valence-electron chi connectivity index (χ4n) is 4.84. The molecule has 3 aromatic rings. The van der Waals surface area contributed by atoms with Crippen molar-refractivity contribution in [1.82, 2.24) is 9.88 Å². The smallest absolute Gasteiger partial charge is 0.309 e. The number of carbonyl (C=O) groups is 1. The van der Waals surface area contributed by atoms with Gasteiger partial charge in [-0.2, -0.15) is 0 Å². The number of carboxylic acids is 1. The van der Waals surface area contributed by atoms with E-state index in [9.17, 15) is 27.5 Å². The zero-order valence-electron chi connectivity index (χ0n) is 20.7. The van der Waals surface area contributed by atoms with Gasteiger partial charge in [-0.05, 0) is 69.1 Å². The summed E-state index contributed by atoms with van der Waals surface area (Å²) in [4.78, 5) is 18.5. The number of carboxylic acid groups (broad SMARTS) is 1. The SMILES string of the molecule is COc1ccc2ncc(F)c([C@H](F)CCC3(C(=O)O)CCN(CCSc4cc(F)c(F)c(F)c4)CC3)c2c1. The summed E-state index contributed by atoms with van der Waals surface area (Å²) in [6.07, 6.45) is -0.325. The third-order valence-electron chi connectivity index (χ3n) is 7.16. The van der Waals surface area contributed by atoms with Gasteiger partial charge in [0, 0.05) is 28.1 Å². The predicted molar refractivity (Wildman–Crippen MR) is 134 cm³/mol. The number of alkyl halides is 1. The molecule has 5 nitrogen and oxygen atoms in total.